The predicted molar refractivity (Wildman–Crippen MR) is 69.4 cm³/mol. The van der Waals surface area contributed by atoms with E-state index >= 15 is 0 Å². The highest BCUT2D eigenvalue weighted by molar-refractivity contribution is 7.89. The van der Waals surface area contributed by atoms with Gasteiger partial charge in [0.1, 0.15) is 6.54 Å². The molecule has 0 aliphatic rings. The minimum atomic E-state index is -3.76. The molecule has 0 aliphatic heterocycles. The molecule has 6 nitrogen and oxygen atoms in total. The number of carbonyl (C=O) groups excluding carboxylic acids is 1. The van der Waals surface area contributed by atoms with E-state index in [1.54, 1.807) is 6.07 Å². The summed E-state index contributed by atoms with van der Waals surface area (Å²) >= 11 is 0. The van der Waals surface area contributed by atoms with Gasteiger partial charge in [-0.3, -0.25) is 0 Å². The van der Waals surface area contributed by atoms with Gasteiger partial charge in [0.15, 0.2) is 0 Å². The van der Waals surface area contributed by atoms with Crippen LogP contribution in [0.25, 0.3) is 10.8 Å². The van der Waals surface area contributed by atoms with Crippen molar-refractivity contribution < 1.29 is 18.0 Å². The van der Waals surface area contributed by atoms with Crippen LogP contribution in [0, 0.1) is 0 Å². The fourth-order valence-electron chi connectivity index (χ4n) is 1.61. The standard InChI is InChI=1S/C12H12N2O4S/c13-18-12(15)8-14-19(16,17)11-6-5-9-3-1-2-4-10(9)7-11/h1-7,14H,8,13H2. The van der Waals surface area contributed by atoms with Crippen molar-refractivity contribution in [3.8, 4) is 0 Å². The van der Waals surface area contributed by atoms with Gasteiger partial charge in [-0.2, -0.15) is 10.6 Å². The zero-order chi connectivity index (χ0) is 13.9. The molecule has 2 aromatic carbocycles. The first-order valence-corrected chi connectivity index (χ1v) is 6.89. The van der Waals surface area contributed by atoms with Crippen LogP contribution in [-0.2, 0) is 19.7 Å². The highest BCUT2D eigenvalue weighted by Crippen LogP contribution is 2.18. The van der Waals surface area contributed by atoms with Gasteiger partial charge in [0.25, 0.3) is 0 Å². The van der Waals surface area contributed by atoms with E-state index in [-0.39, 0.29) is 4.90 Å². The Morgan fingerprint density at radius 1 is 1.16 bits per heavy atom. The van der Waals surface area contributed by atoms with Crippen molar-refractivity contribution in [1.29, 1.82) is 0 Å². The van der Waals surface area contributed by atoms with Gasteiger partial charge in [-0.15, -0.1) is 0 Å². The molecule has 0 atom stereocenters. The van der Waals surface area contributed by atoms with E-state index in [1.807, 2.05) is 24.3 Å². The minimum Gasteiger partial charge on any atom is -0.372 e. The van der Waals surface area contributed by atoms with Gasteiger partial charge in [0.2, 0.25) is 10.0 Å². The zero-order valence-corrected chi connectivity index (χ0v) is 10.7. The smallest absolute Gasteiger partial charge is 0.339 e. The van der Waals surface area contributed by atoms with Crippen LogP contribution in [0.3, 0.4) is 0 Å². The molecular formula is C12H12N2O4S. The van der Waals surface area contributed by atoms with Crippen LogP contribution in [0.1, 0.15) is 0 Å². The highest BCUT2D eigenvalue weighted by Gasteiger charge is 2.16. The molecule has 0 saturated heterocycles. The number of hydrogen-bond donors (Lipinski definition) is 2. The number of rotatable bonds is 4. The Morgan fingerprint density at radius 3 is 2.53 bits per heavy atom. The van der Waals surface area contributed by atoms with E-state index in [4.69, 9.17) is 0 Å². The number of hydrogen-bond acceptors (Lipinski definition) is 5. The second kappa shape index (κ2) is 5.35. The first kappa shape index (κ1) is 13.5. The van der Waals surface area contributed by atoms with Crippen molar-refractivity contribution in [1.82, 2.24) is 4.72 Å². The summed E-state index contributed by atoms with van der Waals surface area (Å²) in [4.78, 5) is 14.8. The first-order chi connectivity index (χ1) is 9.03. The molecule has 2 rings (SSSR count). The fourth-order valence-corrected chi connectivity index (χ4v) is 2.62. The lowest BCUT2D eigenvalue weighted by molar-refractivity contribution is -0.142. The van der Waals surface area contributed by atoms with Crippen molar-refractivity contribution in [2.24, 2.45) is 5.90 Å². The summed E-state index contributed by atoms with van der Waals surface area (Å²) in [6, 6.07) is 12.1. The summed E-state index contributed by atoms with van der Waals surface area (Å²) in [5.41, 5.74) is 0. The molecule has 0 heterocycles. The Bertz CT molecular complexity index is 712. The number of benzene rings is 2. The molecule has 100 valence electrons. The van der Waals surface area contributed by atoms with Crippen LogP contribution < -0.4 is 10.6 Å². The summed E-state index contributed by atoms with van der Waals surface area (Å²) < 4.78 is 26.0. The lowest BCUT2D eigenvalue weighted by Gasteiger charge is -2.06. The third-order valence-electron chi connectivity index (χ3n) is 2.57. The van der Waals surface area contributed by atoms with E-state index < -0.39 is 22.5 Å². The van der Waals surface area contributed by atoms with E-state index in [2.05, 4.69) is 15.5 Å². The Morgan fingerprint density at radius 2 is 1.84 bits per heavy atom. The van der Waals surface area contributed by atoms with Crippen molar-refractivity contribution in [3.05, 3.63) is 42.5 Å². The van der Waals surface area contributed by atoms with E-state index in [0.29, 0.717) is 0 Å². The van der Waals surface area contributed by atoms with Gasteiger partial charge in [-0.1, -0.05) is 30.3 Å². The summed E-state index contributed by atoms with van der Waals surface area (Å²) in [5.74, 6) is 3.77. The van der Waals surface area contributed by atoms with Crippen molar-refractivity contribution in [2.75, 3.05) is 6.54 Å². The van der Waals surface area contributed by atoms with E-state index in [0.717, 1.165) is 10.8 Å². The summed E-state index contributed by atoms with van der Waals surface area (Å²) in [6.07, 6.45) is 0. The van der Waals surface area contributed by atoms with Gasteiger partial charge in [0.05, 0.1) is 4.90 Å². The maximum atomic E-state index is 11.9. The SMILES string of the molecule is NOC(=O)CNS(=O)(=O)c1ccc2ccccc2c1. The highest BCUT2D eigenvalue weighted by atomic mass is 32.2. The topological polar surface area (TPSA) is 98.5 Å². The average Bonchev–Trinajstić information content (AvgIpc) is 2.44. The third-order valence-corrected chi connectivity index (χ3v) is 3.97. The molecular weight excluding hydrogens is 268 g/mol. The van der Waals surface area contributed by atoms with E-state index in [1.165, 1.54) is 12.1 Å². The van der Waals surface area contributed by atoms with Crippen LogP contribution in [0.5, 0.6) is 0 Å². The molecule has 3 N–H and O–H groups in total. The Hall–Kier alpha value is -1.96. The molecule has 7 heteroatoms. The number of carbonyl (C=O) groups is 1. The van der Waals surface area contributed by atoms with Gasteiger partial charge < -0.3 is 4.84 Å². The maximum Gasteiger partial charge on any atom is 0.339 e. The molecule has 0 unspecified atom stereocenters. The molecule has 0 radical (unpaired) electrons. The summed E-state index contributed by atoms with van der Waals surface area (Å²) in [7, 11) is -3.76. The molecule has 0 spiro atoms. The molecule has 2 aromatic rings. The van der Waals surface area contributed by atoms with Crippen molar-refractivity contribution in [2.45, 2.75) is 4.90 Å². The van der Waals surface area contributed by atoms with Gasteiger partial charge in [-0.25, -0.2) is 13.2 Å². The Kier molecular flexibility index (Phi) is 3.79. The predicted octanol–water partition coefficient (Wildman–Crippen LogP) is 0.535. The van der Waals surface area contributed by atoms with Crippen LogP contribution in [0.2, 0.25) is 0 Å². The lowest BCUT2D eigenvalue weighted by atomic mass is 10.1. The summed E-state index contributed by atoms with van der Waals surface area (Å²) in [5, 5.41) is 1.73. The molecule has 0 bridgehead atoms. The van der Waals surface area contributed by atoms with E-state index in [9.17, 15) is 13.2 Å². The van der Waals surface area contributed by atoms with Crippen LogP contribution >= 0.6 is 0 Å². The molecule has 0 aromatic heterocycles. The first-order valence-electron chi connectivity index (χ1n) is 5.41. The molecule has 19 heavy (non-hydrogen) atoms. The second-order valence-corrected chi connectivity index (χ2v) is 5.59. The van der Waals surface area contributed by atoms with Crippen LogP contribution in [0.15, 0.2) is 47.4 Å². The second-order valence-electron chi connectivity index (χ2n) is 3.82. The van der Waals surface area contributed by atoms with Gasteiger partial charge in [0, 0.05) is 0 Å². The monoisotopic (exact) mass is 280 g/mol. The van der Waals surface area contributed by atoms with Gasteiger partial charge >= 0.3 is 5.97 Å². The maximum absolute atomic E-state index is 11.9. The quantitative estimate of drug-likeness (QED) is 0.796. The number of nitrogens with one attached hydrogen (secondary N) is 1. The molecule has 0 amide bonds. The normalized spacial score (nSPS) is 11.4. The zero-order valence-electron chi connectivity index (χ0n) is 9.87. The van der Waals surface area contributed by atoms with Crippen molar-refractivity contribution >= 4 is 26.8 Å². The number of nitrogens with two attached hydrogens (primary N) is 1. The largest absolute Gasteiger partial charge is 0.372 e. The average molecular weight is 280 g/mol. The third kappa shape index (κ3) is 3.08. The Balaban J connectivity index is 2.30. The van der Waals surface area contributed by atoms with Crippen LogP contribution in [-0.4, -0.2) is 20.9 Å². The number of sulfonamides is 1. The van der Waals surface area contributed by atoms with Crippen molar-refractivity contribution in [3.63, 3.8) is 0 Å². The van der Waals surface area contributed by atoms with Crippen LogP contribution in [0.4, 0.5) is 0 Å². The fraction of sp³-hybridized carbons (Fsp3) is 0.0833. The number of fused-ring (bicyclic) bond motifs is 1. The summed E-state index contributed by atoms with van der Waals surface area (Å²) in [6.45, 7) is -0.508. The molecule has 0 fully saturated rings. The molecule has 0 saturated carbocycles. The Labute approximate surface area is 110 Å². The lowest BCUT2D eigenvalue weighted by Crippen LogP contribution is -2.31. The molecule has 0 aliphatic carbocycles. The van der Waals surface area contributed by atoms with Gasteiger partial charge in [-0.05, 0) is 22.9 Å². The minimum absolute atomic E-state index is 0.0796.